The Morgan fingerprint density at radius 3 is 1.25 bits per heavy atom. The average molecular weight is 504 g/mol. The van der Waals surface area contributed by atoms with Crippen LogP contribution in [0, 0.1) is 0 Å². The van der Waals surface area contributed by atoms with Gasteiger partial charge in [0.15, 0.2) is 0 Å². The van der Waals surface area contributed by atoms with Gasteiger partial charge in [0.05, 0.1) is 11.1 Å². The third kappa shape index (κ3) is 4.88. The number of benzene rings is 3. The molecule has 28 heavy (non-hydrogen) atoms. The Hall–Kier alpha value is -2.44. The van der Waals surface area contributed by atoms with Crippen molar-refractivity contribution in [3.05, 3.63) is 103 Å². The number of halogens is 2. The summed E-state index contributed by atoms with van der Waals surface area (Å²) in [6, 6.07) is 18.0. The zero-order valence-corrected chi connectivity index (χ0v) is 17.8. The van der Waals surface area contributed by atoms with Crippen molar-refractivity contribution in [2.45, 2.75) is 12.8 Å². The fraction of sp³-hybridized carbons (Fsp3) is 0.0909. The molecular weight excluding hydrogens is 488 g/mol. The van der Waals surface area contributed by atoms with Crippen LogP contribution in [0.15, 0.2) is 69.6 Å². The van der Waals surface area contributed by atoms with E-state index in [1.165, 1.54) is 12.1 Å². The van der Waals surface area contributed by atoms with E-state index < -0.39 is 11.9 Å². The number of rotatable bonds is 6. The minimum absolute atomic E-state index is 0.125. The van der Waals surface area contributed by atoms with Gasteiger partial charge >= 0.3 is 11.9 Å². The van der Waals surface area contributed by atoms with Crippen molar-refractivity contribution in [3.8, 4) is 0 Å². The van der Waals surface area contributed by atoms with Crippen LogP contribution in [0.3, 0.4) is 0 Å². The van der Waals surface area contributed by atoms with E-state index in [2.05, 4.69) is 31.9 Å². The molecule has 6 heteroatoms. The summed E-state index contributed by atoms with van der Waals surface area (Å²) in [5.74, 6) is -2.14. The molecule has 0 aliphatic heterocycles. The summed E-state index contributed by atoms with van der Waals surface area (Å²) >= 11 is 6.74. The van der Waals surface area contributed by atoms with Gasteiger partial charge in [-0.1, -0.05) is 56.1 Å². The molecule has 142 valence electrons. The molecule has 0 aromatic heterocycles. The Labute approximate surface area is 179 Å². The van der Waals surface area contributed by atoms with E-state index >= 15 is 0 Å². The van der Waals surface area contributed by atoms with E-state index in [-0.39, 0.29) is 11.1 Å². The lowest BCUT2D eigenvalue weighted by molar-refractivity contribution is 0.0679. The molecular formula is C22H16Br2O4. The molecule has 3 aromatic rings. The topological polar surface area (TPSA) is 74.6 Å². The summed E-state index contributed by atoms with van der Waals surface area (Å²) in [6.45, 7) is 0. The van der Waals surface area contributed by atoms with E-state index in [0.717, 1.165) is 20.1 Å². The minimum atomic E-state index is -1.07. The Morgan fingerprint density at radius 2 is 0.964 bits per heavy atom. The fourth-order valence-electron chi connectivity index (χ4n) is 3.02. The zero-order chi connectivity index (χ0) is 20.3. The van der Waals surface area contributed by atoms with E-state index in [9.17, 15) is 19.8 Å². The highest BCUT2D eigenvalue weighted by molar-refractivity contribution is 9.10. The lowest BCUT2D eigenvalue weighted by Crippen LogP contribution is -2.11. The minimum Gasteiger partial charge on any atom is -0.478 e. The van der Waals surface area contributed by atoms with Crippen LogP contribution in [0.25, 0.3) is 0 Å². The van der Waals surface area contributed by atoms with Crippen molar-refractivity contribution >= 4 is 43.8 Å². The molecule has 0 saturated heterocycles. The van der Waals surface area contributed by atoms with Crippen LogP contribution in [-0.2, 0) is 12.8 Å². The second kappa shape index (κ2) is 8.71. The third-order valence-corrected chi connectivity index (χ3v) is 5.46. The van der Waals surface area contributed by atoms with E-state index in [4.69, 9.17) is 0 Å². The molecule has 0 saturated carbocycles. The number of carboxylic acid groups (broad SMARTS) is 2. The molecule has 0 heterocycles. The SMILES string of the molecule is O=C(O)c1cc(Cc2ccc(Br)cc2)c(C(=O)O)cc1Cc1ccc(Br)cc1. The molecule has 4 nitrogen and oxygen atoms in total. The monoisotopic (exact) mass is 502 g/mol. The van der Waals surface area contributed by atoms with Gasteiger partial charge in [-0.15, -0.1) is 0 Å². The van der Waals surface area contributed by atoms with Gasteiger partial charge in [-0.2, -0.15) is 0 Å². The predicted octanol–water partition coefficient (Wildman–Crippen LogP) is 5.79. The van der Waals surface area contributed by atoms with Gasteiger partial charge in [-0.25, -0.2) is 9.59 Å². The van der Waals surface area contributed by atoms with E-state index in [1.807, 2.05) is 48.5 Å². The summed E-state index contributed by atoms with van der Waals surface area (Å²) < 4.78 is 1.84. The van der Waals surface area contributed by atoms with Gasteiger partial charge in [-0.05, 0) is 71.5 Å². The lowest BCUT2D eigenvalue weighted by atomic mass is 9.91. The lowest BCUT2D eigenvalue weighted by Gasteiger charge is -2.13. The van der Waals surface area contributed by atoms with Crippen molar-refractivity contribution in [2.24, 2.45) is 0 Å². The van der Waals surface area contributed by atoms with Crippen LogP contribution in [0.2, 0.25) is 0 Å². The van der Waals surface area contributed by atoms with Crippen LogP contribution >= 0.6 is 31.9 Å². The Kier molecular flexibility index (Phi) is 6.31. The third-order valence-electron chi connectivity index (χ3n) is 4.41. The maximum absolute atomic E-state index is 11.8. The van der Waals surface area contributed by atoms with Crippen molar-refractivity contribution in [1.29, 1.82) is 0 Å². The second-order valence-corrected chi connectivity index (χ2v) is 8.21. The van der Waals surface area contributed by atoms with Gasteiger partial charge in [0.1, 0.15) is 0 Å². The van der Waals surface area contributed by atoms with Crippen molar-refractivity contribution in [2.75, 3.05) is 0 Å². The van der Waals surface area contributed by atoms with Crippen LogP contribution in [0.5, 0.6) is 0 Å². The van der Waals surface area contributed by atoms with Gasteiger partial charge in [0.2, 0.25) is 0 Å². The Morgan fingerprint density at radius 1 is 0.643 bits per heavy atom. The number of carboxylic acids is 2. The summed E-state index contributed by atoms with van der Waals surface area (Å²) in [4.78, 5) is 23.7. The first kappa shape index (κ1) is 20.3. The van der Waals surface area contributed by atoms with Crippen molar-refractivity contribution < 1.29 is 19.8 Å². The van der Waals surface area contributed by atoms with Crippen molar-refractivity contribution in [1.82, 2.24) is 0 Å². The molecule has 2 N–H and O–H groups in total. The quantitative estimate of drug-likeness (QED) is 0.446. The maximum atomic E-state index is 11.8. The molecule has 0 aliphatic rings. The summed E-state index contributed by atoms with van der Waals surface area (Å²) in [7, 11) is 0. The molecule has 0 fully saturated rings. The van der Waals surface area contributed by atoms with Gasteiger partial charge in [0.25, 0.3) is 0 Å². The summed E-state index contributed by atoms with van der Waals surface area (Å²) in [5.41, 5.74) is 3.02. The smallest absolute Gasteiger partial charge is 0.335 e. The predicted molar refractivity (Wildman–Crippen MR) is 114 cm³/mol. The molecule has 0 bridgehead atoms. The number of aromatic carboxylic acids is 2. The van der Waals surface area contributed by atoms with E-state index in [1.54, 1.807) is 0 Å². The van der Waals surface area contributed by atoms with Crippen LogP contribution in [0.4, 0.5) is 0 Å². The number of hydrogen-bond donors (Lipinski definition) is 2. The normalized spacial score (nSPS) is 10.6. The molecule has 0 atom stereocenters. The van der Waals surface area contributed by atoms with Crippen LogP contribution in [0.1, 0.15) is 43.0 Å². The fourth-order valence-corrected chi connectivity index (χ4v) is 3.55. The van der Waals surface area contributed by atoms with E-state index in [0.29, 0.717) is 24.0 Å². The average Bonchev–Trinajstić information content (AvgIpc) is 2.66. The molecule has 0 amide bonds. The molecule has 0 spiro atoms. The molecule has 0 unspecified atom stereocenters. The maximum Gasteiger partial charge on any atom is 0.335 e. The molecule has 3 rings (SSSR count). The van der Waals surface area contributed by atoms with Crippen LogP contribution < -0.4 is 0 Å². The first-order valence-corrected chi connectivity index (χ1v) is 10.0. The van der Waals surface area contributed by atoms with Crippen LogP contribution in [-0.4, -0.2) is 22.2 Å². The Balaban J connectivity index is 2.04. The number of hydrogen-bond acceptors (Lipinski definition) is 2. The largest absolute Gasteiger partial charge is 0.478 e. The standard InChI is InChI=1S/C22H16Br2O4/c23-17-5-1-13(2-6-17)9-15-11-20(22(27)28)16(12-19(15)21(25)26)10-14-3-7-18(24)8-4-14/h1-8,11-12H,9-10H2,(H,25,26)(H,27,28). The Bertz CT molecular complexity index is 940. The first-order valence-electron chi connectivity index (χ1n) is 8.45. The number of carbonyl (C=O) groups is 2. The van der Waals surface area contributed by atoms with Gasteiger partial charge < -0.3 is 10.2 Å². The van der Waals surface area contributed by atoms with Gasteiger partial charge in [0, 0.05) is 8.95 Å². The first-order chi connectivity index (χ1) is 13.3. The summed E-state index contributed by atoms with van der Waals surface area (Å²) in [5, 5.41) is 19.4. The summed E-state index contributed by atoms with van der Waals surface area (Å²) in [6.07, 6.45) is 0.682. The molecule has 0 radical (unpaired) electrons. The molecule has 3 aromatic carbocycles. The molecule has 0 aliphatic carbocycles. The van der Waals surface area contributed by atoms with Gasteiger partial charge in [-0.3, -0.25) is 0 Å². The highest BCUT2D eigenvalue weighted by Gasteiger charge is 2.19. The zero-order valence-electron chi connectivity index (χ0n) is 14.7. The highest BCUT2D eigenvalue weighted by Crippen LogP contribution is 2.24. The second-order valence-electron chi connectivity index (χ2n) is 6.38. The highest BCUT2D eigenvalue weighted by atomic mass is 79.9. The van der Waals surface area contributed by atoms with Crippen molar-refractivity contribution in [3.63, 3.8) is 0 Å².